The highest BCUT2D eigenvalue weighted by molar-refractivity contribution is 7.90. The number of primary sulfonamides is 1. The average molecular weight is 335 g/mol. The highest BCUT2D eigenvalue weighted by atomic mass is 32.2. The number of nitrogens with one attached hydrogen (secondary N) is 2. The van der Waals surface area contributed by atoms with Crippen molar-refractivity contribution in [2.45, 2.75) is 24.8 Å². The van der Waals surface area contributed by atoms with Gasteiger partial charge in [0, 0.05) is 12.6 Å². The van der Waals surface area contributed by atoms with Crippen LogP contribution in [-0.2, 0) is 20.0 Å². The Morgan fingerprint density at radius 2 is 1.90 bits per heavy atom. The summed E-state index contributed by atoms with van der Waals surface area (Å²) in [5.74, 6) is -0.445. The molecule has 0 saturated carbocycles. The summed E-state index contributed by atoms with van der Waals surface area (Å²) < 4.78 is 48.0. The number of sulfonamides is 2. The molecular formula is C12H21N3O4S2. The van der Waals surface area contributed by atoms with E-state index in [4.69, 9.17) is 5.14 Å². The molecule has 0 saturated heterocycles. The monoisotopic (exact) mass is 335 g/mol. The van der Waals surface area contributed by atoms with E-state index in [-0.39, 0.29) is 17.5 Å². The maximum Gasteiger partial charge on any atom is 0.240 e. The zero-order chi connectivity index (χ0) is 16.1. The molecule has 1 rings (SSSR count). The van der Waals surface area contributed by atoms with Crippen LogP contribution in [-0.4, -0.2) is 35.7 Å². The van der Waals surface area contributed by atoms with E-state index in [0.717, 1.165) is 12.1 Å². The van der Waals surface area contributed by atoms with Crippen LogP contribution >= 0.6 is 0 Å². The molecule has 21 heavy (non-hydrogen) atoms. The second kappa shape index (κ2) is 7.32. The summed E-state index contributed by atoms with van der Waals surface area (Å²) in [6.07, 6.45) is 0. The molecule has 0 aliphatic rings. The van der Waals surface area contributed by atoms with Gasteiger partial charge in [0.15, 0.2) is 0 Å². The van der Waals surface area contributed by atoms with E-state index in [1.54, 1.807) is 12.1 Å². The Kier molecular flexibility index (Phi) is 6.29. The van der Waals surface area contributed by atoms with Gasteiger partial charge in [0.1, 0.15) is 0 Å². The highest BCUT2D eigenvalue weighted by Gasteiger charge is 2.16. The summed E-state index contributed by atoms with van der Waals surface area (Å²) in [7, 11) is -7.45. The lowest BCUT2D eigenvalue weighted by Gasteiger charge is -2.14. The van der Waals surface area contributed by atoms with Crippen molar-refractivity contribution in [2.75, 3.05) is 18.8 Å². The van der Waals surface area contributed by atoms with Gasteiger partial charge in [0.25, 0.3) is 0 Å². The van der Waals surface area contributed by atoms with E-state index in [2.05, 4.69) is 10.0 Å². The van der Waals surface area contributed by atoms with Crippen LogP contribution in [0.2, 0.25) is 0 Å². The predicted octanol–water partition coefficient (Wildman–Crippen LogP) is -0.0761. The summed E-state index contributed by atoms with van der Waals surface area (Å²) in [6.45, 7) is 4.41. The van der Waals surface area contributed by atoms with Gasteiger partial charge in [0.05, 0.1) is 10.6 Å². The molecule has 0 spiro atoms. The highest BCUT2D eigenvalue weighted by Crippen LogP contribution is 2.17. The minimum Gasteiger partial charge on any atom is -0.310 e. The first-order valence-electron chi connectivity index (χ1n) is 6.49. The van der Waals surface area contributed by atoms with Crippen LogP contribution in [0.25, 0.3) is 0 Å². The third kappa shape index (κ3) is 6.10. The van der Waals surface area contributed by atoms with E-state index in [0.29, 0.717) is 0 Å². The fraction of sp³-hybridized carbons (Fsp3) is 0.500. The standard InChI is InChI=1S/C12H21N3O4S2/c1-3-14-10(2)11-5-4-6-12(9-11)21(18,19)15-7-8-20(13,16)17/h4-6,9-10,14-15H,3,7-8H2,1-2H3,(H2,13,16,17). The van der Waals surface area contributed by atoms with E-state index in [1.165, 1.54) is 6.07 Å². The molecule has 0 heterocycles. The maximum absolute atomic E-state index is 12.1. The molecule has 0 aliphatic carbocycles. The van der Waals surface area contributed by atoms with Crippen LogP contribution in [0.15, 0.2) is 29.2 Å². The minimum atomic E-state index is -3.75. The van der Waals surface area contributed by atoms with Crippen LogP contribution in [0.4, 0.5) is 0 Å². The van der Waals surface area contributed by atoms with Gasteiger partial charge in [-0.15, -0.1) is 0 Å². The van der Waals surface area contributed by atoms with Crippen molar-refractivity contribution in [3.8, 4) is 0 Å². The molecule has 0 bridgehead atoms. The molecular weight excluding hydrogens is 314 g/mol. The summed E-state index contributed by atoms with van der Waals surface area (Å²) >= 11 is 0. The van der Waals surface area contributed by atoms with Crippen molar-refractivity contribution in [1.82, 2.24) is 10.0 Å². The van der Waals surface area contributed by atoms with Crippen LogP contribution in [0.3, 0.4) is 0 Å². The first-order valence-corrected chi connectivity index (χ1v) is 9.69. The fourth-order valence-electron chi connectivity index (χ4n) is 1.78. The predicted molar refractivity (Wildman–Crippen MR) is 81.7 cm³/mol. The fourth-order valence-corrected chi connectivity index (χ4v) is 3.38. The van der Waals surface area contributed by atoms with Gasteiger partial charge < -0.3 is 5.32 Å². The lowest BCUT2D eigenvalue weighted by atomic mass is 10.1. The number of rotatable bonds is 8. The zero-order valence-electron chi connectivity index (χ0n) is 12.0. The molecule has 9 heteroatoms. The number of nitrogens with two attached hydrogens (primary N) is 1. The van der Waals surface area contributed by atoms with Crippen LogP contribution < -0.4 is 15.2 Å². The zero-order valence-corrected chi connectivity index (χ0v) is 13.7. The SMILES string of the molecule is CCNC(C)c1cccc(S(=O)(=O)NCCS(N)(=O)=O)c1. The van der Waals surface area contributed by atoms with Gasteiger partial charge in [-0.1, -0.05) is 19.1 Å². The largest absolute Gasteiger partial charge is 0.310 e. The first kappa shape index (κ1) is 18.1. The number of benzene rings is 1. The molecule has 1 aromatic carbocycles. The quantitative estimate of drug-likeness (QED) is 0.614. The molecule has 1 atom stereocenters. The van der Waals surface area contributed by atoms with Gasteiger partial charge in [-0.3, -0.25) is 0 Å². The van der Waals surface area contributed by atoms with Crippen molar-refractivity contribution >= 4 is 20.0 Å². The molecule has 0 fully saturated rings. The summed E-state index contributed by atoms with van der Waals surface area (Å²) in [6, 6.07) is 6.52. The van der Waals surface area contributed by atoms with Gasteiger partial charge in [-0.25, -0.2) is 26.7 Å². The summed E-state index contributed by atoms with van der Waals surface area (Å²) in [5, 5.41) is 8.02. The third-order valence-corrected chi connectivity index (χ3v) is 5.09. The minimum absolute atomic E-state index is 0.0227. The van der Waals surface area contributed by atoms with Crippen molar-refractivity contribution in [3.05, 3.63) is 29.8 Å². The van der Waals surface area contributed by atoms with Crippen LogP contribution in [0.1, 0.15) is 25.5 Å². The summed E-state index contributed by atoms with van der Waals surface area (Å²) in [4.78, 5) is 0.0965. The third-order valence-electron chi connectivity index (χ3n) is 2.86. The second-order valence-electron chi connectivity index (χ2n) is 4.62. The van der Waals surface area contributed by atoms with Crippen molar-refractivity contribution in [1.29, 1.82) is 0 Å². The van der Waals surface area contributed by atoms with E-state index < -0.39 is 25.8 Å². The van der Waals surface area contributed by atoms with Crippen molar-refractivity contribution < 1.29 is 16.8 Å². The molecule has 4 N–H and O–H groups in total. The normalized spacial score (nSPS) is 14.0. The Morgan fingerprint density at radius 1 is 1.24 bits per heavy atom. The Hall–Kier alpha value is -1.00. The lowest BCUT2D eigenvalue weighted by molar-refractivity contribution is 0.579. The summed E-state index contributed by atoms with van der Waals surface area (Å²) in [5.41, 5.74) is 0.839. The van der Waals surface area contributed by atoms with Crippen molar-refractivity contribution in [2.24, 2.45) is 5.14 Å². The van der Waals surface area contributed by atoms with E-state index >= 15 is 0 Å². The van der Waals surface area contributed by atoms with Gasteiger partial charge >= 0.3 is 0 Å². The molecule has 7 nitrogen and oxygen atoms in total. The number of hydrogen-bond acceptors (Lipinski definition) is 5. The molecule has 0 radical (unpaired) electrons. The molecule has 0 aromatic heterocycles. The first-order chi connectivity index (χ1) is 9.65. The average Bonchev–Trinajstić information content (AvgIpc) is 2.37. The van der Waals surface area contributed by atoms with Crippen LogP contribution in [0.5, 0.6) is 0 Å². The molecule has 120 valence electrons. The molecule has 1 unspecified atom stereocenters. The van der Waals surface area contributed by atoms with Crippen molar-refractivity contribution in [3.63, 3.8) is 0 Å². The molecule has 0 amide bonds. The Labute approximate surface area is 126 Å². The Bertz CT molecular complexity index is 671. The topological polar surface area (TPSA) is 118 Å². The molecule has 1 aromatic rings. The Morgan fingerprint density at radius 3 is 2.48 bits per heavy atom. The molecule has 0 aliphatic heterocycles. The van der Waals surface area contributed by atoms with E-state index in [9.17, 15) is 16.8 Å². The van der Waals surface area contributed by atoms with Crippen LogP contribution in [0, 0.1) is 0 Å². The Balaban J connectivity index is 2.86. The lowest BCUT2D eigenvalue weighted by Crippen LogP contribution is -2.31. The number of hydrogen-bond donors (Lipinski definition) is 3. The van der Waals surface area contributed by atoms with E-state index in [1.807, 2.05) is 19.9 Å². The van der Waals surface area contributed by atoms with Gasteiger partial charge in [-0.05, 0) is 31.2 Å². The second-order valence-corrected chi connectivity index (χ2v) is 8.12. The smallest absolute Gasteiger partial charge is 0.240 e. The van der Waals surface area contributed by atoms with Gasteiger partial charge in [-0.2, -0.15) is 0 Å². The maximum atomic E-state index is 12.1. The van der Waals surface area contributed by atoms with Gasteiger partial charge in [0.2, 0.25) is 20.0 Å².